The third-order valence-electron chi connectivity index (χ3n) is 4.57. The Morgan fingerprint density at radius 2 is 2.04 bits per heavy atom. The Hall–Kier alpha value is -2.93. The number of fused-ring (bicyclic) bond motifs is 1. The fraction of sp³-hybridized carbons (Fsp3) is 0.278. The van der Waals surface area contributed by atoms with Crippen LogP contribution < -0.4 is 10.8 Å². The molecular weight excluding hydrogens is 320 g/mol. The molecule has 0 spiro atoms. The number of aromatic nitrogens is 1. The Morgan fingerprint density at radius 3 is 2.72 bits per heavy atom. The molecule has 2 aromatic rings. The highest BCUT2D eigenvalue weighted by molar-refractivity contribution is 5.96. The maximum atomic E-state index is 12.8. The van der Waals surface area contributed by atoms with Crippen LogP contribution in [0.25, 0.3) is 0 Å². The van der Waals surface area contributed by atoms with Gasteiger partial charge in [0.25, 0.3) is 5.91 Å². The number of carbonyl (C=O) groups is 2. The van der Waals surface area contributed by atoms with Crippen LogP contribution in [-0.4, -0.2) is 27.0 Å². The van der Waals surface area contributed by atoms with Crippen LogP contribution in [-0.2, 0) is 12.1 Å². The molecule has 2 heterocycles. The summed E-state index contributed by atoms with van der Waals surface area (Å²) in [6, 6.07) is 8.53. The lowest BCUT2D eigenvalue weighted by molar-refractivity contribution is 0.0704. The number of rotatable bonds is 2. The fourth-order valence-electron chi connectivity index (χ4n) is 3.24. The SMILES string of the molecule is Cc1cc(NC(=O)N2Cc3c(C(=O)NO)cccc3C2(C)C)ccn1. The molecular formula is C18H20N4O3. The Balaban J connectivity index is 1.91. The standard InChI is InChI=1S/C18H20N4O3/c1-11-9-12(7-8-19-11)20-17(24)22-10-14-13(16(23)21-25)5-4-6-15(14)18(22,2)3/h4-9,25H,10H2,1-3H3,(H,21,23)(H,19,20,24). The van der Waals surface area contributed by atoms with E-state index in [0.29, 0.717) is 11.3 Å². The van der Waals surface area contributed by atoms with E-state index >= 15 is 0 Å². The van der Waals surface area contributed by atoms with Crippen molar-refractivity contribution in [2.45, 2.75) is 32.9 Å². The lowest BCUT2D eigenvalue weighted by Gasteiger charge is -2.32. The normalized spacial score (nSPS) is 14.8. The molecule has 1 aromatic carbocycles. The van der Waals surface area contributed by atoms with Crippen molar-refractivity contribution in [3.63, 3.8) is 0 Å². The van der Waals surface area contributed by atoms with Crippen molar-refractivity contribution < 1.29 is 14.8 Å². The minimum Gasteiger partial charge on any atom is -0.311 e. The van der Waals surface area contributed by atoms with Crippen molar-refractivity contribution in [3.05, 3.63) is 58.9 Å². The molecule has 0 bridgehead atoms. The predicted molar refractivity (Wildman–Crippen MR) is 92.3 cm³/mol. The van der Waals surface area contributed by atoms with Crippen molar-refractivity contribution in [3.8, 4) is 0 Å². The molecule has 0 unspecified atom stereocenters. The van der Waals surface area contributed by atoms with Crippen LogP contribution >= 0.6 is 0 Å². The number of anilines is 1. The van der Waals surface area contributed by atoms with Crippen LogP contribution in [0, 0.1) is 6.92 Å². The summed E-state index contributed by atoms with van der Waals surface area (Å²) in [4.78, 5) is 30.5. The first-order valence-corrected chi connectivity index (χ1v) is 7.92. The van der Waals surface area contributed by atoms with Crippen molar-refractivity contribution in [1.82, 2.24) is 15.4 Å². The van der Waals surface area contributed by atoms with Gasteiger partial charge in [-0.2, -0.15) is 0 Å². The minimum absolute atomic E-state index is 0.262. The van der Waals surface area contributed by atoms with E-state index in [2.05, 4.69) is 10.3 Å². The highest BCUT2D eigenvalue weighted by Crippen LogP contribution is 2.40. The second-order valence-corrected chi connectivity index (χ2v) is 6.53. The van der Waals surface area contributed by atoms with Crippen molar-refractivity contribution in [2.24, 2.45) is 0 Å². The number of aryl methyl sites for hydroxylation is 1. The summed E-state index contributed by atoms with van der Waals surface area (Å²) in [6.07, 6.45) is 1.64. The lowest BCUT2D eigenvalue weighted by Crippen LogP contribution is -2.42. The van der Waals surface area contributed by atoms with Gasteiger partial charge in [0.2, 0.25) is 0 Å². The molecule has 0 atom stereocenters. The molecule has 7 heteroatoms. The van der Waals surface area contributed by atoms with Gasteiger partial charge in [-0.05, 0) is 50.1 Å². The average molecular weight is 340 g/mol. The monoisotopic (exact) mass is 340 g/mol. The largest absolute Gasteiger partial charge is 0.322 e. The molecule has 7 nitrogen and oxygen atoms in total. The average Bonchev–Trinajstić information content (AvgIpc) is 2.85. The molecule has 3 rings (SSSR count). The first-order chi connectivity index (χ1) is 11.8. The van der Waals surface area contributed by atoms with Crippen molar-refractivity contribution in [2.75, 3.05) is 5.32 Å². The number of nitrogens with zero attached hydrogens (tertiary/aromatic N) is 2. The number of carbonyl (C=O) groups excluding carboxylic acids is 2. The molecule has 0 saturated heterocycles. The second-order valence-electron chi connectivity index (χ2n) is 6.53. The number of hydrogen-bond donors (Lipinski definition) is 3. The van der Waals surface area contributed by atoms with E-state index < -0.39 is 11.4 Å². The smallest absolute Gasteiger partial charge is 0.311 e. The van der Waals surface area contributed by atoms with Gasteiger partial charge < -0.3 is 10.2 Å². The Morgan fingerprint density at radius 1 is 1.28 bits per heavy atom. The number of benzene rings is 1. The first-order valence-electron chi connectivity index (χ1n) is 7.92. The summed E-state index contributed by atoms with van der Waals surface area (Å²) in [7, 11) is 0. The van der Waals surface area contributed by atoms with Crippen LogP contribution in [0.5, 0.6) is 0 Å². The summed E-state index contributed by atoms with van der Waals surface area (Å²) < 4.78 is 0. The molecule has 3 amide bonds. The van der Waals surface area contributed by atoms with E-state index in [-0.39, 0.29) is 12.6 Å². The molecule has 3 N–H and O–H groups in total. The second kappa shape index (κ2) is 6.18. The number of nitrogens with one attached hydrogen (secondary N) is 2. The summed E-state index contributed by atoms with van der Waals surface area (Å²) in [5.41, 5.74) is 4.53. The maximum absolute atomic E-state index is 12.8. The van der Waals surface area contributed by atoms with Gasteiger partial charge in [0, 0.05) is 29.7 Å². The van der Waals surface area contributed by atoms with Gasteiger partial charge >= 0.3 is 6.03 Å². The van der Waals surface area contributed by atoms with Gasteiger partial charge in [-0.15, -0.1) is 0 Å². The Kier molecular flexibility index (Phi) is 4.18. The van der Waals surface area contributed by atoms with Gasteiger partial charge in [-0.1, -0.05) is 12.1 Å². The van der Waals surface area contributed by atoms with E-state index in [1.165, 1.54) is 0 Å². The van der Waals surface area contributed by atoms with Gasteiger partial charge in [0.05, 0.1) is 5.54 Å². The molecule has 0 aliphatic carbocycles. The number of amides is 3. The van der Waals surface area contributed by atoms with Gasteiger partial charge in [0.1, 0.15) is 0 Å². The highest BCUT2D eigenvalue weighted by Gasteiger charge is 2.41. The minimum atomic E-state index is -0.590. The highest BCUT2D eigenvalue weighted by atomic mass is 16.5. The van der Waals surface area contributed by atoms with Crippen LogP contribution in [0.15, 0.2) is 36.5 Å². The molecule has 1 aromatic heterocycles. The Labute approximate surface area is 145 Å². The van der Waals surface area contributed by atoms with Gasteiger partial charge in [-0.3, -0.25) is 15.0 Å². The number of pyridine rings is 1. The third kappa shape index (κ3) is 2.94. The zero-order chi connectivity index (χ0) is 18.2. The summed E-state index contributed by atoms with van der Waals surface area (Å²) in [5.74, 6) is -0.584. The number of urea groups is 1. The van der Waals surface area contributed by atoms with Gasteiger partial charge in [0.15, 0.2) is 0 Å². The van der Waals surface area contributed by atoms with E-state index in [1.54, 1.807) is 40.8 Å². The molecule has 0 fully saturated rings. The summed E-state index contributed by atoms with van der Waals surface area (Å²) >= 11 is 0. The van der Waals surface area contributed by atoms with Crippen LogP contribution in [0.3, 0.4) is 0 Å². The molecule has 25 heavy (non-hydrogen) atoms. The quantitative estimate of drug-likeness (QED) is 0.579. The van der Waals surface area contributed by atoms with Crippen molar-refractivity contribution >= 4 is 17.6 Å². The van der Waals surface area contributed by atoms with Crippen LogP contribution in [0.4, 0.5) is 10.5 Å². The molecule has 1 aliphatic heterocycles. The zero-order valence-corrected chi connectivity index (χ0v) is 14.3. The number of hydrogen-bond acceptors (Lipinski definition) is 4. The van der Waals surface area contributed by atoms with Gasteiger partial charge in [-0.25, -0.2) is 10.3 Å². The molecule has 0 radical (unpaired) electrons. The summed E-state index contributed by atoms with van der Waals surface area (Å²) in [5, 5.41) is 11.8. The molecule has 130 valence electrons. The topological polar surface area (TPSA) is 94.6 Å². The third-order valence-corrected chi connectivity index (χ3v) is 4.57. The van der Waals surface area contributed by atoms with E-state index in [9.17, 15) is 9.59 Å². The van der Waals surface area contributed by atoms with Crippen LogP contribution in [0.2, 0.25) is 0 Å². The van der Waals surface area contributed by atoms with E-state index in [0.717, 1.165) is 16.8 Å². The predicted octanol–water partition coefficient (Wildman–Crippen LogP) is 2.79. The van der Waals surface area contributed by atoms with E-state index in [1.807, 2.05) is 26.8 Å². The van der Waals surface area contributed by atoms with Crippen LogP contribution in [0.1, 0.15) is 41.0 Å². The fourth-order valence-corrected chi connectivity index (χ4v) is 3.24. The molecule has 1 aliphatic rings. The Bertz CT molecular complexity index is 848. The summed E-state index contributed by atoms with van der Waals surface area (Å²) in [6.45, 7) is 5.99. The lowest BCUT2D eigenvalue weighted by atomic mass is 9.91. The van der Waals surface area contributed by atoms with E-state index in [4.69, 9.17) is 5.21 Å². The zero-order valence-electron chi connectivity index (χ0n) is 14.3. The molecule has 0 saturated carbocycles. The van der Waals surface area contributed by atoms with Crippen molar-refractivity contribution in [1.29, 1.82) is 0 Å². The first kappa shape index (κ1) is 16.9. The number of hydroxylamine groups is 1. The maximum Gasteiger partial charge on any atom is 0.322 e.